The second-order valence-corrected chi connectivity index (χ2v) is 5.03. The standard InChI is InChI=1S/C16H18N2O3/c1-3-7-18-13-5-4-11(9-14(13)21-16(18)19)15(17-2)12-6-8-20-10-12/h4-6,8-10,15,17H,3,7H2,1-2H3. The van der Waals surface area contributed by atoms with Crippen LogP contribution >= 0.6 is 0 Å². The van der Waals surface area contributed by atoms with Crippen molar-refractivity contribution in [3.8, 4) is 0 Å². The van der Waals surface area contributed by atoms with Crippen molar-refractivity contribution in [3.63, 3.8) is 0 Å². The molecule has 0 radical (unpaired) electrons. The number of hydrogen-bond donors (Lipinski definition) is 1. The van der Waals surface area contributed by atoms with E-state index in [0.717, 1.165) is 23.1 Å². The molecule has 0 bridgehead atoms. The lowest BCUT2D eigenvalue weighted by Gasteiger charge is -2.14. The Bertz CT molecular complexity index is 784. The van der Waals surface area contributed by atoms with E-state index >= 15 is 0 Å². The maximum atomic E-state index is 11.9. The Morgan fingerprint density at radius 3 is 2.81 bits per heavy atom. The van der Waals surface area contributed by atoms with Gasteiger partial charge in [-0.15, -0.1) is 0 Å². The second-order valence-electron chi connectivity index (χ2n) is 5.03. The van der Waals surface area contributed by atoms with Gasteiger partial charge in [0, 0.05) is 12.1 Å². The van der Waals surface area contributed by atoms with Gasteiger partial charge < -0.3 is 14.2 Å². The number of fused-ring (bicyclic) bond motifs is 1. The van der Waals surface area contributed by atoms with Gasteiger partial charge in [0.25, 0.3) is 0 Å². The summed E-state index contributed by atoms with van der Waals surface area (Å²) in [6.07, 6.45) is 4.25. The molecule has 0 spiro atoms. The van der Waals surface area contributed by atoms with E-state index in [-0.39, 0.29) is 11.8 Å². The fourth-order valence-electron chi connectivity index (χ4n) is 2.66. The molecule has 0 saturated carbocycles. The van der Waals surface area contributed by atoms with E-state index in [0.29, 0.717) is 12.1 Å². The minimum Gasteiger partial charge on any atom is -0.472 e. The third kappa shape index (κ3) is 2.40. The lowest BCUT2D eigenvalue weighted by Crippen LogP contribution is -2.17. The van der Waals surface area contributed by atoms with Gasteiger partial charge in [0.15, 0.2) is 5.58 Å². The number of rotatable bonds is 5. The average molecular weight is 286 g/mol. The van der Waals surface area contributed by atoms with Crippen LogP contribution in [-0.4, -0.2) is 11.6 Å². The second kappa shape index (κ2) is 5.61. The molecule has 0 saturated heterocycles. The molecule has 2 heterocycles. The Labute approximate surface area is 122 Å². The molecule has 21 heavy (non-hydrogen) atoms. The van der Waals surface area contributed by atoms with Crippen LogP contribution in [0.2, 0.25) is 0 Å². The van der Waals surface area contributed by atoms with Crippen molar-refractivity contribution in [2.75, 3.05) is 7.05 Å². The van der Waals surface area contributed by atoms with E-state index in [4.69, 9.17) is 8.83 Å². The zero-order chi connectivity index (χ0) is 14.8. The molecular weight excluding hydrogens is 268 g/mol. The maximum Gasteiger partial charge on any atom is 0.419 e. The van der Waals surface area contributed by atoms with Crippen molar-refractivity contribution < 1.29 is 8.83 Å². The monoisotopic (exact) mass is 286 g/mol. The highest BCUT2D eigenvalue weighted by atomic mass is 16.4. The predicted octanol–water partition coefficient (Wildman–Crippen LogP) is 2.91. The Kier molecular flexibility index (Phi) is 3.66. The van der Waals surface area contributed by atoms with Gasteiger partial charge >= 0.3 is 5.76 Å². The number of aryl methyl sites for hydroxylation is 1. The van der Waals surface area contributed by atoms with Crippen LogP contribution in [-0.2, 0) is 6.54 Å². The Balaban J connectivity index is 2.07. The summed E-state index contributed by atoms with van der Waals surface area (Å²) in [6.45, 7) is 2.71. The molecular formula is C16H18N2O3. The van der Waals surface area contributed by atoms with Crippen LogP contribution in [0.4, 0.5) is 0 Å². The maximum absolute atomic E-state index is 11.9. The number of nitrogens with zero attached hydrogens (tertiary/aromatic N) is 1. The summed E-state index contributed by atoms with van der Waals surface area (Å²) in [7, 11) is 1.89. The topological polar surface area (TPSA) is 60.3 Å². The lowest BCUT2D eigenvalue weighted by molar-refractivity contribution is 0.502. The van der Waals surface area contributed by atoms with Crippen molar-refractivity contribution in [2.24, 2.45) is 0 Å². The highest BCUT2D eigenvalue weighted by Gasteiger charge is 2.16. The quantitative estimate of drug-likeness (QED) is 0.783. The molecule has 0 aliphatic heterocycles. The molecule has 1 N–H and O–H groups in total. The average Bonchev–Trinajstić information content (AvgIpc) is 3.09. The smallest absolute Gasteiger partial charge is 0.419 e. The molecule has 3 rings (SSSR count). The van der Waals surface area contributed by atoms with Crippen molar-refractivity contribution in [3.05, 3.63) is 58.5 Å². The SMILES string of the molecule is CCCn1c(=O)oc2cc(C(NC)c3ccoc3)ccc21. The number of benzene rings is 1. The van der Waals surface area contributed by atoms with E-state index in [2.05, 4.69) is 5.32 Å². The Hall–Kier alpha value is -2.27. The van der Waals surface area contributed by atoms with Gasteiger partial charge in [0.1, 0.15) is 0 Å². The van der Waals surface area contributed by atoms with E-state index in [1.54, 1.807) is 17.1 Å². The van der Waals surface area contributed by atoms with E-state index < -0.39 is 0 Å². The highest BCUT2D eigenvalue weighted by Crippen LogP contribution is 2.25. The highest BCUT2D eigenvalue weighted by molar-refractivity contribution is 5.74. The third-order valence-corrected chi connectivity index (χ3v) is 3.64. The molecule has 0 fully saturated rings. The predicted molar refractivity (Wildman–Crippen MR) is 80.4 cm³/mol. The zero-order valence-electron chi connectivity index (χ0n) is 12.1. The number of furan rings is 1. The van der Waals surface area contributed by atoms with Crippen LogP contribution in [0, 0.1) is 0 Å². The first-order valence-electron chi connectivity index (χ1n) is 7.07. The largest absolute Gasteiger partial charge is 0.472 e. The Morgan fingerprint density at radius 1 is 1.29 bits per heavy atom. The molecule has 0 aliphatic rings. The van der Waals surface area contributed by atoms with Crippen LogP contribution in [0.3, 0.4) is 0 Å². The summed E-state index contributed by atoms with van der Waals surface area (Å²) in [5.41, 5.74) is 3.53. The fourth-order valence-corrected chi connectivity index (χ4v) is 2.66. The summed E-state index contributed by atoms with van der Waals surface area (Å²) in [4.78, 5) is 11.9. The molecule has 1 aromatic carbocycles. The van der Waals surface area contributed by atoms with Crippen molar-refractivity contribution >= 4 is 11.1 Å². The molecule has 3 aromatic rings. The summed E-state index contributed by atoms with van der Waals surface area (Å²) in [5.74, 6) is -0.298. The van der Waals surface area contributed by atoms with Crippen LogP contribution in [0.25, 0.3) is 11.1 Å². The molecule has 110 valence electrons. The number of hydrogen-bond acceptors (Lipinski definition) is 4. The molecule has 1 atom stereocenters. The minimum atomic E-state index is -0.298. The first kappa shape index (κ1) is 13.7. The van der Waals surface area contributed by atoms with Gasteiger partial charge in [-0.3, -0.25) is 4.57 Å². The summed E-state index contributed by atoms with van der Waals surface area (Å²) in [6, 6.07) is 7.79. The molecule has 5 heteroatoms. The van der Waals surface area contributed by atoms with E-state index in [1.165, 1.54) is 0 Å². The molecule has 1 unspecified atom stereocenters. The zero-order valence-corrected chi connectivity index (χ0v) is 12.1. The molecule has 5 nitrogen and oxygen atoms in total. The van der Waals surface area contributed by atoms with Gasteiger partial charge in [-0.1, -0.05) is 13.0 Å². The van der Waals surface area contributed by atoms with Gasteiger partial charge in [0.2, 0.25) is 0 Å². The summed E-state index contributed by atoms with van der Waals surface area (Å²) >= 11 is 0. The first-order chi connectivity index (χ1) is 10.2. The van der Waals surface area contributed by atoms with Crippen molar-refractivity contribution in [1.82, 2.24) is 9.88 Å². The van der Waals surface area contributed by atoms with Gasteiger partial charge in [-0.2, -0.15) is 0 Å². The summed E-state index contributed by atoms with van der Waals surface area (Å²) < 4.78 is 12.2. The number of aromatic nitrogens is 1. The Morgan fingerprint density at radius 2 is 2.14 bits per heavy atom. The first-order valence-corrected chi connectivity index (χ1v) is 7.07. The minimum absolute atomic E-state index is 0.00739. The number of nitrogens with one attached hydrogen (secondary N) is 1. The third-order valence-electron chi connectivity index (χ3n) is 3.64. The number of oxazole rings is 1. The van der Waals surface area contributed by atoms with Gasteiger partial charge in [-0.25, -0.2) is 4.79 Å². The van der Waals surface area contributed by atoms with Crippen LogP contribution < -0.4 is 11.1 Å². The van der Waals surface area contributed by atoms with Gasteiger partial charge in [-0.05, 0) is 37.2 Å². The van der Waals surface area contributed by atoms with E-state index in [1.807, 2.05) is 38.2 Å². The molecule has 2 aromatic heterocycles. The fraction of sp³-hybridized carbons (Fsp3) is 0.312. The lowest BCUT2D eigenvalue weighted by atomic mass is 10.0. The normalized spacial score (nSPS) is 12.9. The van der Waals surface area contributed by atoms with Crippen LogP contribution in [0.5, 0.6) is 0 Å². The van der Waals surface area contributed by atoms with Crippen LogP contribution in [0.1, 0.15) is 30.5 Å². The molecule has 0 amide bonds. The van der Waals surface area contributed by atoms with E-state index in [9.17, 15) is 4.79 Å². The summed E-state index contributed by atoms with van der Waals surface area (Å²) in [5, 5.41) is 3.25. The van der Waals surface area contributed by atoms with Crippen LogP contribution in [0.15, 0.2) is 50.4 Å². The van der Waals surface area contributed by atoms with Crippen molar-refractivity contribution in [2.45, 2.75) is 25.9 Å². The van der Waals surface area contributed by atoms with Crippen molar-refractivity contribution in [1.29, 1.82) is 0 Å². The van der Waals surface area contributed by atoms with Gasteiger partial charge in [0.05, 0.1) is 24.1 Å². The molecule has 0 aliphatic carbocycles.